The molecular formula is C28H37ClN2O2. The van der Waals surface area contributed by atoms with Crippen molar-refractivity contribution >= 4 is 23.4 Å². The SMILES string of the molecule is CC(C(=O)NC1CCCC1)N(Cc1ccc(Cl)cc1)C(=O)CCc1ccc(C(C)(C)C)cc1. The average Bonchev–Trinajstić information content (AvgIpc) is 3.29. The van der Waals surface area contributed by atoms with Crippen LogP contribution in [0.4, 0.5) is 0 Å². The molecule has 0 saturated heterocycles. The zero-order valence-electron chi connectivity index (χ0n) is 20.4. The minimum atomic E-state index is -0.531. The average molecular weight is 469 g/mol. The van der Waals surface area contributed by atoms with Crippen molar-refractivity contribution in [2.45, 2.75) is 90.3 Å². The fraction of sp³-hybridized carbons (Fsp3) is 0.500. The van der Waals surface area contributed by atoms with E-state index < -0.39 is 6.04 Å². The highest BCUT2D eigenvalue weighted by atomic mass is 35.5. The fourth-order valence-corrected chi connectivity index (χ4v) is 4.45. The first-order valence-corrected chi connectivity index (χ1v) is 12.4. The Morgan fingerprint density at radius 1 is 1.00 bits per heavy atom. The van der Waals surface area contributed by atoms with Crippen molar-refractivity contribution in [3.05, 3.63) is 70.2 Å². The predicted molar refractivity (Wildman–Crippen MR) is 135 cm³/mol. The number of hydrogen-bond donors (Lipinski definition) is 1. The molecule has 3 rings (SSSR count). The van der Waals surface area contributed by atoms with E-state index in [0.29, 0.717) is 24.4 Å². The lowest BCUT2D eigenvalue weighted by Gasteiger charge is -2.30. The number of nitrogens with one attached hydrogen (secondary N) is 1. The normalized spacial score (nSPS) is 15.3. The van der Waals surface area contributed by atoms with E-state index in [9.17, 15) is 9.59 Å². The van der Waals surface area contributed by atoms with Crippen LogP contribution in [0.2, 0.25) is 5.02 Å². The van der Waals surface area contributed by atoms with Gasteiger partial charge in [-0.05, 0) is 60.4 Å². The summed E-state index contributed by atoms with van der Waals surface area (Å²) in [5, 5.41) is 3.80. The third-order valence-corrected chi connectivity index (χ3v) is 6.83. The molecule has 1 aliphatic carbocycles. The maximum Gasteiger partial charge on any atom is 0.242 e. The fourth-order valence-electron chi connectivity index (χ4n) is 4.33. The molecule has 1 saturated carbocycles. The predicted octanol–water partition coefficient (Wildman–Crippen LogP) is 6.05. The van der Waals surface area contributed by atoms with Gasteiger partial charge in [-0.1, -0.05) is 81.6 Å². The van der Waals surface area contributed by atoms with Crippen molar-refractivity contribution in [2.75, 3.05) is 0 Å². The van der Waals surface area contributed by atoms with E-state index in [1.54, 1.807) is 4.90 Å². The minimum absolute atomic E-state index is 0.0149. The van der Waals surface area contributed by atoms with Crippen LogP contribution in [0.5, 0.6) is 0 Å². The largest absolute Gasteiger partial charge is 0.352 e. The summed E-state index contributed by atoms with van der Waals surface area (Å²) in [6.07, 6.45) is 5.37. The van der Waals surface area contributed by atoms with E-state index in [0.717, 1.165) is 36.8 Å². The molecule has 0 radical (unpaired) electrons. The van der Waals surface area contributed by atoms with Gasteiger partial charge in [0.15, 0.2) is 0 Å². The zero-order chi connectivity index (χ0) is 24.0. The molecule has 2 aromatic rings. The van der Waals surface area contributed by atoms with Crippen molar-refractivity contribution in [1.82, 2.24) is 10.2 Å². The molecule has 0 heterocycles. The van der Waals surface area contributed by atoms with Crippen LogP contribution in [0, 0.1) is 0 Å². The molecule has 2 aromatic carbocycles. The highest BCUT2D eigenvalue weighted by Gasteiger charge is 2.28. The van der Waals surface area contributed by atoms with Gasteiger partial charge in [0.1, 0.15) is 6.04 Å². The molecule has 1 aliphatic rings. The van der Waals surface area contributed by atoms with Crippen LogP contribution in [0.25, 0.3) is 0 Å². The van der Waals surface area contributed by atoms with Crippen LogP contribution in [0.15, 0.2) is 48.5 Å². The quantitative estimate of drug-likeness (QED) is 0.513. The first-order chi connectivity index (χ1) is 15.6. The standard InChI is InChI=1S/C28H37ClN2O2/c1-20(27(33)30-25-7-5-6-8-25)31(19-22-11-16-24(29)17-12-22)26(32)18-13-21-9-14-23(15-10-21)28(2,3)4/h9-12,14-17,20,25H,5-8,13,18-19H2,1-4H3,(H,30,33). The van der Waals surface area contributed by atoms with Gasteiger partial charge in [-0.15, -0.1) is 0 Å². The molecule has 178 valence electrons. The summed E-state index contributed by atoms with van der Waals surface area (Å²) in [5.74, 6) is -0.0855. The molecule has 1 unspecified atom stereocenters. The number of aryl methyl sites for hydroxylation is 1. The number of carbonyl (C=O) groups is 2. The van der Waals surface area contributed by atoms with Crippen LogP contribution in [0.1, 0.15) is 76.5 Å². The lowest BCUT2D eigenvalue weighted by atomic mass is 9.86. The van der Waals surface area contributed by atoms with Gasteiger partial charge in [0.25, 0.3) is 0 Å². The summed E-state index contributed by atoms with van der Waals surface area (Å²) in [4.78, 5) is 28.0. The van der Waals surface area contributed by atoms with Gasteiger partial charge in [0.2, 0.25) is 11.8 Å². The number of nitrogens with zero attached hydrogens (tertiary/aromatic N) is 1. The van der Waals surface area contributed by atoms with Gasteiger partial charge in [0, 0.05) is 24.0 Å². The molecule has 0 aliphatic heterocycles. The molecule has 0 aromatic heterocycles. The second kappa shape index (κ2) is 11.2. The number of benzene rings is 2. The van der Waals surface area contributed by atoms with Gasteiger partial charge in [-0.25, -0.2) is 0 Å². The Morgan fingerprint density at radius 2 is 1.58 bits per heavy atom. The highest BCUT2D eigenvalue weighted by molar-refractivity contribution is 6.30. The zero-order valence-corrected chi connectivity index (χ0v) is 21.1. The molecule has 1 N–H and O–H groups in total. The summed E-state index contributed by atoms with van der Waals surface area (Å²) in [6, 6.07) is 15.7. The molecular weight excluding hydrogens is 432 g/mol. The monoisotopic (exact) mass is 468 g/mol. The third kappa shape index (κ3) is 7.33. The van der Waals surface area contributed by atoms with Crippen molar-refractivity contribution in [3.8, 4) is 0 Å². The van der Waals surface area contributed by atoms with Crippen LogP contribution in [-0.2, 0) is 28.0 Å². The Balaban J connectivity index is 1.69. The van der Waals surface area contributed by atoms with Gasteiger partial charge < -0.3 is 10.2 Å². The molecule has 4 nitrogen and oxygen atoms in total. The topological polar surface area (TPSA) is 49.4 Å². The summed E-state index contributed by atoms with van der Waals surface area (Å²) in [6.45, 7) is 8.79. The third-order valence-electron chi connectivity index (χ3n) is 6.58. The minimum Gasteiger partial charge on any atom is -0.352 e. The van der Waals surface area contributed by atoms with Crippen LogP contribution >= 0.6 is 11.6 Å². The van der Waals surface area contributed by atoms with E-state index in [1.807, 2.05) is 31.2 Å². The van der Waals surface area contributed by atoms with Gasteiger partial charge >= 0.3 is 0 Å². The van der Waals surface area contributed by atoms with Crippen molar-refractivity contribution in [2.24, 2.45) is 0 Å². The maximum absolute atomic E-state index is 13.3. The van der Waals surface area contributed by atoms with Gasteiger partial charge in [-0.3, -0.25) is 9.59 Å². The summed E-state index contributed by atoms with van der Waals surface area (Å²) >= 11 is 6.03. The van der Waals surface area contributed by atoms with E-state index >= 15 is 0 Å². The highest BCUT2D eigenvalue weighted by Crippen LogP contribution is 2.23. The molecule has 0 bridgehead atoms. The number of rotatable bonds is 8. The second-order valence-corrected chi connectivity index (χ2v) is 10.7. The van der Waals surface area contributed by atoms with Crippen LogP contribution in [-0.4, -0.2) is 28.8 Å². The molecule has 1 fully saturated rings. The second-order valence-electron chi connectivity index (χ2n) is 10.3. The Morgan fingerprint density at radius 3 is 2.15 bits per heavy atom. The number of carbonyl (C=O) groups excluding carboxylic acids is 2. The van der Waals surface area contributed by atoms with Crippen molar-refractivity contribution < 1.29 is 9.59 Å². The Bertz CT molecular complexity index is 926. The lowest BCUT2D eigenvalue weighted by molar-refractivity contribution is -0.140. The van der Waals surface area contributed by atoms with Crippen molar-refractivity contribution in [1.29, 1.82) is 0 Å². The first-order valence-electron chi connectivity index (χ1n) is 12.1. The molecule has 5 heteroatoms. The Hall–Kier alpha value is -2.33. The van der Waals surface area contributed by atoms with E-state index in [-0.39, 0.29) is 23.3 Å². The van der Waals surface area contributed by atoms with E-state index in [4.69, 9.17) is 11.6 Å². The molecule has 2 amide bonds. The van der Waals surface area contributed by atoms with Gasteiger partial charge in [-0.2, -0.15) is 0 Å². The molecule has 1 atom stereocenters. The van der Waals surface area contributed by atoms with Crippen LogP contribution in [0.3, 0.4) is 0 Å². The molecule has 33 heavy (non-hydrogen) atoms. The van der Waals surface area contributed by atoms with E-state index in [1.165, 1.54) is 5.56 Å². The van der Waals surface area contributed by atoms with Crippen LogP contribution < -0.4 is 5.32 Å². The first kappa shape index (κ1) is 25.3. The Labute approximate surface area is 203 Å². The number of hydrogen-bond acceptors (Lipinski definition) is 2. The number of amides is 2. The summed E-state index contributed by atoms with van der Waals surface area (Å²) in [7, 11) is 0. The smallest absolute Gasteiger partial charge is 0.242 e. The number of halogens is 1. The molecule has 0 spiro atoms. The Kier molecular flexibility index (Phi) is 8.58. The summed E-state index contributed by atoms with van der Waals surface area (Å²) in [5.41, 5.74) is 3.47. The maximum atomic E-state index is 13.3. The lowest BCUT2D eigenvalue weighted by Crippen LogP contribution is -2.49. The van der Waals surface area contributed by atoms with E-state index in [2.05, 4.69) is 50.4 Å². The summed E-state index contributed by atoms with van der Waals surface area (Å²) < 4.78 is 0. The van der Waals surface area contributed by atoms with Crippen molar-refractivity contribution in [3.63, 3.8) is 0 Å². The van der Waals surface area contributed by atoms with Gasteiger partial charge in [0.05, 0.1) is 0 Å².